The van der Waals surface area contributed by atoms with Gasteiger partial charge in [0.1, 0.15) is 0 Å². The van der Waals surface area contributed by atoms with E-state index in [1.54, 1.807) is 0 Å². The van der Waals surface area contributed by atoms with E-state index in [0.717, 1.165) is 6.54 Å². The van der Waals surface area contributed by atoms with Crippen LogP contribution in [-0.2, 0) is 4.74 Å². The van der Waals surface area contributed by atoms with E-state index in [9.17, 15) is 5.11 Å². The van der Waals surface area contributed by atoms with Crippen LogP contribution in [0.2, 0.25) is 0 Å². The van der Waals surface area contributed by atoms with Gasteiger partial charge in [0, 0.05) is 19.1 Å². The van der Waals surface area contributed by atoms with Crippen LogP contribution in [0.1, 0.15) is 20.8 Å². The Morgan fingerprint density at radius 1 is 1.45 bits per heavy atom. The molecule has 0 aromatic rings. The number of rotatable bonds is 1. The van der Waals surface area contributed by atoms with Crippen molar-refractivity contribution in [2.75, 3.05) is 13.1 Å². The van der Waals surface area contributed by atoms with Crippen LogP contribution < -0.4 is 0 Å². The van der Waals surface area contributed by atoms with E-state index in [-0.39, 0.29) is 6.10 Å². The highest BCUT2D eigenvalue weighted by atomic mass is 16.6. The third-order valence-electron chi connectivity index (χ3n) is 2.00. The van der Waals surface area contributed by atoms with Crippen LogP contribution in [0.15, 0.2) is 0 Å². The van der Waals surface area contributed by atoms with Crippen LogP contribution in [0.5, 0.6) is 0 Å². The normalized spacial score (nSPS) is 34.6. The minimum atomic E-state index is -0.596. The van der Waals surface area contributed by atoms with Gasteiger partial charge in [-0.05, 0) is 20.8 Å². The zero-order valence-corrected chi connectivity index (χ0v) is 7.45. The maximum absolute atomic E-state index is 9.24. The molecular weight excluding hydrogens is 142 g/mol. The van der Waals surface area contributed by atoms with Gasteiger partial charge in [-0.15, -0.1) is 0 Å². The third kappa shape index (κ3) is 2.43. The molecule has 2 atom stereocenters. The van der Waals surface area contributed by atoms with E-state index >= 15 is 0 Å². The fourth-order valence-corrected chi connectivity index (χ4v) is 1.38. The van der Waals surface area contributed by atoms with Crippen molar-refractivity contribution in [2.24, 2.45) is 0 Å². The van der Waals surface area contributed by atoms with E-state index in [4.69, 9.17) is 4.74 Å². The van der Waals surface area contributed by atoms with Crippen molar-refractivity contribution >= 4 is 0 Å². The summed E-state index contributed by atoms with van der Waals surface area (Å²) in [5.41, 5.74) is 0. The number of morpholine rings is 1. The SMILES string of the molecule is CC1CN(C(C)C)CC(O)O1. The minimum Gasteiger partial charge on any atom is -0.367 e. The maximum Gasteiger partial charge on any atom is 0.167 e. The van der Waals surface area contributed by atoms with Gasteiger partial charge in [-0.25, -0.2) is 0 Å². The molecule has 0 radical (unpaired) electrons. The van der Waals surface area contributed by atoms with Crippen LogP contribution in [0.25, 0.3) is 0 Å². The molecule has 11 heavy (non-hydrogen) atoms. The summed E-state index contributed by atoms with van der Waals surface area (Å²) in [7, 11) is 0. The summed E-state index contributed by atoms with van der Waals surface area (Å²) in [6.45, 7) is 7.81. The predicted octanol–water partition coefficient (Wildman–Crippen LogP) is 0.434. The van der Waals surface area contributed by atoms with E-state index in [2.05, 4.69) is 18.7 Å². The zero-order valence-electron chi connectivity index (χ0n) is 7.45. The van der Waals surface area contributed by atoms with Crippen LogP contribution in [0.4, 0.5) is 0 Å². The molecule has 0 saturated carbocycles. The van der Waals surface area contributed by atoms with Gasteiger partial charge in [0.2, 0.25) is 0 Å². The lowest BCUT2D eigenvalue weighted by molar-refractivity contribution is -0.182. The number of hydrogen-bond acceptors (Lipinski definition) is 3. The van der Waals surface area contributed by atoms with Crippen LogP contribution >= 0.6 is 0 Å². The molecule has 66 valence electrons. The largest absolute Gasteiger partial charge is 0.367 e. The van der Waals surface area contributed by atoms with Crippen molar-refractivity contribution in [3.8, 4) is 0 Å². The minimum absolute atomic E-state index is 0.154. The Kier molecular flexibility index (Phi) is 2.87. The predicted molar refractivity (Wildman–Crippen MR) is 43.3 cm³/mol. The Bertz CT molecular complexity index is 117. The van der Waals surface area contributed by atoms with E-state index in [1.807, 2.05) is 6.92 Å². The van der Waals surface area contributed by atoms with Crippen LogP contribution in [-0.4, -0.2) is 41.5 Å². The summed E-state index contributed by atoms with van der Waals surface area (Å²) in [6.07, 6.45) is -0.442. The molecule has 3 heteroatoms. The fourth-order valence-electron chi connectivity index (χ4n) is 1.38. The highest BCUT2D eigenvalue weighted by Crippen LogP contribution is 2.11. The Morgan fingerprint density at radius 2 is 2.09 bits per heavy atom. The first kappa shape index (κ1) is 8.97. The lowest BCUT2D eigenvalue weighted by Gasteiger charge is -2.36. The van der Waals surface area contributed by atoms with Crippen molar-refractivity contribution < 1.29 is 9.84 Å². The van der Waals surface area contributed by atoms with Crippen molar-refractivity contribution in [1.82, 2.24) is 4.90 Å². The number of hydrogen-bond donors (Lipinski definition) is 1. The quantitative estimate of drug-likeness (QED) is 0.602. The summed E-state index contributed by atoms with van der Waals surface area (Å²) < 4.78 is 5.18. The molecule has 1 saturated heterocycles. The molecule has 0 amide bonds. The van der Waals surface area contributed by atoms with Gasteiger partial charge in [-0.2, -0.15) is 0 Å². The number of aliphatic hydroxyl groups excluding tert-OH is 1. The molecule has 0 spiro atoms. The molecule has 0 aliphatic carbocycles. The summed E-state index contributed by atoms with van der Waals surface area (Å²) in [5.74, 6) is 0. The molecule has 0 aromatic carbocycles. The molecule has 0 aromatic heterocycles. The second kappa shape index (κ2) is 3.52. The Morgan fingerprint density at radius 3 is 2.55 bits per heavy atom. The molecular formula is C8H17NO2. The second-order valence-electron chi connectivity index (χ2n) is 3.45. The topological polar surface area (TPSA) is 32.7 Å². The fraction of sp³-hybridized carbons (Fsp3) is 1.00. The van der Waals surface area contributed by atoms with Crippen LogP contribution in [0, 0.1) is 0 Å². The molecule has 0 bridgehead atoms. The number of ether oxygens (including phenoxy) is 1. The Balaban J connectivity index is 2.43. The van der Waals surface area contributed by atoms with Gasteiger partial charge >= 0.3 is 0 Å². The van der Waals surface area contributed by atoms with Gasteiger partial charge in [0.15, 0.2) is 6.29 Å². The molecule has 1 aliphatic heterocycles. The first-order chi connectivity index (χ1) is 5.09. The molecule has 1 aliphatic rings. The maximum atomic E-state index is 9.24. The summed E-state index contributed by atoms with van der Waals surface area (Å²) in [4.78, 5) is 2.22. The van der Waals surface area contributed by atoms with Gasteiger partial charge in [-0.3, -0.25) is 4.90 Å². The summed E-state index contributed by atoms with van der Waals surface area (Å²) in [6, 6.07) is 0.496. The number of nitrogens with zero attached hydrogens (tertiary/aromatic N) is 1. The molecule has 1 fully saturated rings. The van der Waals surface area contributed by atoms with E-state index in [1.165, 1.54) is 0 Å². The molecule has 1 heterocycles. The van der Waals surface area contributed by atoms with Gasteiger partial charge in [0.25, 0.3) is 0 Å². The van der Waals surface area contributed by atoms with Gasteiger partial charge in [-0.1, -0.05) is 0 Å². The van der Waals surface area contributed by atoms with E-state index < -0.39 is 6.29 Å². The smallest absolute Gasteiger partial charge is 0.167 e. The molecule has 1 rings (SSSR count). The Labute approximate surface area is 68.0 Å². The first-order valence-corrected chi connectivity index (χ1v) is 4.17. The second-order valence-corrected chi connectivity index (χ2v) is 3.45. The van der Waals surface area contributed by atoms with E-state index in [0.29, 0.717) is 12.6 Å². The number of β-amino-alcohol motifs (C(OH)–C–C–N with tert-alkyl or cyclic N) is 1. The van der Waals surface area contributed by atoms with Crippen LogP contribution in [0.3, 0.4) is 0 Å². The van der Waals surface area contributed by atoms with Crippen molar-refractivity contribution in [3.05, 3.63) is 0 Å². The van der Waals surface area contributed by atoms with Gasteiger partial charge < -0.3 is 9.84 Å². The molecule has 3 nitrogen and oxygen atoms in total. The highest BCUT2D eigenvalue weighted by Gasteiger charge is 2.24. The number of aliphatic hydroxyl groups is 1. The third-order valence-corrected chi connectivity index (χ3v) is 2.00. The summed E-state index contributed by atoms with van der Waals surface area (Å²) >= 11 is 0. The highest BCUT2D eigenvalue weighted by molar-refractivity contribution is 4.72. The lowest BCUT2D eigenvalue weighted by atomic mass is 10.2. The molecule has 1 N–H and O–H groups in total. The lowest BCUT2D eigenvalue weighted by Crippen LogP contribution is -2.49. The first-order valence-electron chi connectivity index (χ1n) is 4.17. The standard InChI is InChI=1S/C8H17NO2/c1-6(2)9-4-7(3)11-8(10)5-9/h6-8,10H,4-5H2,1-3H3. The van der Waals surface area contributed by atoms with Crippen molar-refractivity contribution in [2.45, 2.75) is 39.2 Å². The zero-order chi connectivity index (χ0) is 8.43. The van der Waals surface area contributed by atoms with Crippen molar-refractivity contribution in [1.29, 1.82) is 0 Å². The van der Waals surface area contributed by atoms with Crippen molar-refractivity contribution in [3.63, 3.8) is 0 Å². The Hall–Kier alpha value is -0.120. The average molecular weight is 159 g/mol. The van der Waals surface area contributed by atoms with Gasteiger partial charge in [0.05, 0.1) is 6.10 Å². The monoisotopic (exact) mass is 159 g/mol. The summed E-state index contributed by atoms with van der Waals surface area (Å²) in [5, 5.41) is 9.24. The molecule has 2 unspecified atom stereocenters. The average Bonchev–Trinajstić information content (AvgIpc) is 1.85.